The largest absolute Gasteiger partial charge is 0.497 e. The second-order valence-corrected chi connectivity index (χ2v) is 7.90. The second-order valence-electron chi connectivity index (χ2n) is 7.90. The van der Waals surface area contributed by atoms with Crippen molar-refractivity contribution in [3.63, 3.8) is 0 Å². The van der Waals surface area contributed by atoms with Gasteiger partial charge >= 0.3 is 0 Å². The fourth-order valence-corrected chi connectivity index (χ4v) is 4.16. The third-order valence-electron chi connectivity index (χ3n) is 5.89. The van der Waals surface area contributed by atoms with E-state index in [0.717, 1.165) is 41.5 Å². The fraction of sp³-hybridized carbons (Fsp3) is 0.148. The maximum absolute atomic E-state index is 5.96. The minimum absolute atomic E-state index is 0.775. The van der Waals surface area contributed by atoms with E-state index < -0.39 is 0 Å². The minimum Gasteiger partial charge on any atom is -0.497 e. The van der Waals surface area contributed by atoms with Crippen molar-refractivity contribution in [3.05, 3.63) is 101 Å². The number of rotatable bonds is 7. The number of hydrogen-bond donors (Lipinski definition) is 1. The number of aryl methyl sites for hydroxylation is 1. The number of methoxy groups -OCH3 is 1. The highest BCUT2D eigenvalue weighted by molar-refractivity contribution is 6.05. The first-order valence-corrected chi connectivity index (χ1v) is 10.9. The number of H-pyrrole nitrogens is 1. The highest BCUT2D eigenvalue weighted by Crippen LogP contribution is 2.43. The molecule has 1 aliphatic rings. The van der Waals surface area contributed by atoms with Gasteiger partial charge in [0, 0.05) is 6.42 Å². The molecule has 1 aliphatic carbocycles. The van der Waals surface area contributed by atoms with E-state index in [1.165, 1.54) is 27.8 Å². The van der Waals surface area contributed by atoms with Gasteiger partial charge in [-0.2, -0.15) is 0 Å². The van der Waals surface area contributed by atoms with Crippen molar-refractivity contribution in [2.45, 2.75) is 19.8 Å². The molecule has 5 rings (SSSR count). The zero-order valence-electron chi connectivity index (χ0n) is 18.6. The number of benzene rings is 3. The Labute approximate surface area is 192 Å². The molecule has 4 aromatic rings. The van der Waals surface area contributed by atoms with Crippen molar-refractivity contribution in [1.29, 1.82) is 0 Å². The van der Waals surface area contributed by atoms with Crippen LogP contribution < -0.4 is 9.47 Å². The van der Waals surface area contributed by atoms with Gasteiger partial charge in [0.2, 0.25) is 0 Å². The fourth-order valence-electron chi connectivity index (χ4n) is 4.16. The summed E-state index contributed by atoms with van der Waals surface area (Å²) < 4.78 is 11.2. The molecule has 6 heteroatoms. The lowest BCUT2D eigenvalue weighted by atomic mass is 10.0. The Morgan fingerprint density at radius 3 is 2.15 bits per heavy atom. The van der Waals surface area contributed by atoms with Crippen molar-refractivity contribution in [2.24, 2.45) is 0 Å². The van der Waals surface area contributed by atoms with E-state index >= 15 is 0 Å². The van der Waals surface area contributed by atoms with Crippen LogP contribution in [0.5, 0.6) is 17.2 Å². The van der Waals surface area contributed by atoms with Crippen molar-refractivity contribution in [2.75, 3.05) is 7.11 Å². The van der Waals surface area contributed by atoms with Gasteiger partial charge in [-0.3, -0.25) is 0 Å². The van der Waals surface area contributed by atoms with Gasteiger partial charge in [-0.25, -0.2) is 5.10 Å². The number of allylic oxidation sites excluding steroid dienone is 3. The maximum atomic E-state index is 5.96. The highest BCUT2D eigenvalue weighted by Gasteiger charge is 2.23. The summed E-state index contributed by atoms with van der Waals surface area (Å²) in [6.07, 6.45) is 3.90. The van der Waals surface area contributed by atoms with Crippen LogP contribution in [0.2, 0.25) is 0 Å². The molecule has 33 heavy (non-hydrogen) atoms. The number of tetrazole rings is 1. The lowest BCUT2D eigenvalue weighted by Gasteiger charge is -2.08. The van der Waals surface area contributed by atoms with E-state index in [1.807, 2.05) is 36.4 Å². The Bertz CT molecular complexity index is 1310. The van der Waals surface area contributed by atoms with Crippen LogP contribution >= 0.6 is 0 Å². The molecule has 0 saturated heterocycles. The molecule has 1 aromatic heterocycles. The molecule has 0 bridgehead atoms. The van der Waals surface area contributed by atoms with Crippen LogP contribution in [0, 0.1) is 0 Å². The quantitative estimate of drug-likeness (QED) is 0.387. The van der Waals surface area contributed by atoms with E-state index in [1.54, 1.807) is 7.11 Å². The summed E-state index contributed by atoms with van der Waals surface area (Å²) in [7, 11) is 1.65. The van der Waals surface area contributed by atoms with E-state index in [0.29, 0.717) is 0 Å². The van der Waals surface area contributed by atoms with Gasteiger partial charge < -0.3 is 9.47 Å². The van der Waals surface area contributed by atoms with Gasteiger partial charge in [-0.15, -0.1) is 5.10 Å². The van der Waals surface area contributed by atoms with E-state index in [2.05, 4.69) is 70.0 Å². The van der Waals surface area contributed by atoms with Gasteiger partial charge in [0.1, 0.15) is 23.1 Å². The molecule has 0 spiro atoms. The van der Waals surface area contributed by atoms with Gasteiger partial charge in [-0.05, 0) is 99.7 Å². The third kappa shape index (κ3) is 4.41. The molecular weight excluding hydrogens is 412 g/mol. The number of nitrogens with zero attached hydrogens (tertiary/aromatic N) is 3. The monoisotopic (exact) mass is 436 g/mol. The Morgan fingerprint density at radius 1 is 0.818 bits per heavy atom. The molecule has 0 unspecified atom stereocenters. The molecule has 0 radical (unpaired) electrons. The lowest BCUT2D eigenvalue weighted by molar-refractivity contribution is 0.413. The first kappa shape index (κ1) is 20.7. The number of ether oxygens (including phenoxy) is 2. The molecule has 0 fully saturated rings. The highest BCUT2D eigenvalue weighted by atomic mass is 16.5. The normalized spacial score (nSPS) is 13.9. The number of hydrogen-bond acceptors (Lipinski definition) is 5. The predicted molar refractivity (Wildman–Crippen MR) is 129 cm³/mol. The second kappa shape index (κ2) is 9.12. The Morgan fingerprint density at radius 2 is 1.48 bits per heavy atom. The predicted octanol–water partition coefficient (Wildman–Crippen LogP) is 5.96. The minimum atomic E-state index is 0.775. The first-order valence-electron chi connectivity index (χ1n) is 10.9. The SMILES string of the molecule is COc1ccc(Oc2ccc(/C=C3/C(C)=C(CCc4nnn[nH]4)c4ccccc43)cc2)cc1. The topological polar surface area (TPSA) is 72.9 Å². The van der Waals surface area contributed by atoms with Crippen LogP contribution in [0.3, 0.4) is 0 Å². The molecule has 1 N–H and O–H groups in total. The Balaban J connectivity index is 1.38. The number of nitrogens with one attached hydrogen (secondary N) is 1. The van der Waals surface area contributed by atoms with Gasteiger partial charge in [0.15, 0.2) is 0 Å². The lowest BCUT2D eigenvalue weighted by Crippen LogP contribution is -1.92. The van der Waals surface area contributed by atoms with Crippen molar-refractivity contribution in [1.82, 2.24) is 20.6 Å². The molecule has 0 amide bonds. The average molecular weight is 437 g/mol. The van der Waals surface area contributed by atoms with Crippen LogP contribution in [0.15, 0.2) is 78.4 Å². The number of aromatic nitrogens is 4. The van der Waals surface area contributed by atoms with Crippen molar-refractivity contribution < 1.29 is 9.47 Å². The zero-order chi connectivity index (χ0) is 22.6. The Kier molecular flexibility index (Phi) is 5.72. The zero-order valence-corrected chi connectivity index (χ0v) is 18.6. The smallest absolute Gasteiger partial charge is 0.148 e. The van der Waals surface area contributed by atoms with Crippen LogP contribution in [0.25, 0.3) is 17.2 Å². The maximum Gasteiger partial charge on any atom is 0.148 e. The van der Waals surface area contributed by atoms with E-state index in [-0.39, 0.29) is 0 Å². The van der Waals surface area contributed by atoms with Crippen LogP contribution in [-0.2, 0) is 6.42 Å². The van der Waals surface area contributed by atoms with Crippen LogP contribution in [-0.4, -0.2) is 27.7 Å². The molecule has 1 heterocycles. The summed E-state index contributed by atoms with van der Waals surface area (Å²) in [5.74, 6) is 3.18. The van der Waals surface area contributed by atoms with Gasteiger partial charge in [0.25, 0.3) is 0 Å². The Hall–Kier alpha value is -4.19. The van der Waals surface area contributed by atoms with Crippen molar-refractivity contribution in [3.8, 4) is 17.2 Å². The summed E-state index contributed by atoms with van der Waals surface area (Å²) in [6, 6.07) is 24.3. The molecule has 0 aliphatic heterocycles. The summed E-state index contributed by atoms with van der Waals surface area (Å²) in [5, 5.41) is 14.2. The molecule has 3 aromatic carbocycles. The first-order chi connectivity index (χ1) is 16.2. The van der Waals surface area contributed by atoms with Gasteiger partial charge in [0.05, 0.1) is 7.11 Å². The molecule has 6 nitrogen and oxygen atoms in total. The molecular formula is C27H24N4O2. The summed E-state index contributed by atoms with van der Waals surface area (Å²) in [4.78, 5) is 0. The average Bonchev–Trinajstić information content (AvgIpc) is 3.46. The molecule has 0 saturated carbocycles. The summed E-state index contributed by atoms with van der Waals surface area (Å²) in [5.41, 5.74) is 7.56. The van der Waals surface area contributed by atoms with E-state index in [4.69, 9.17) is 9.47 Å². The van der Waals surface area contributed by atoms with Crippen molar-refractivity contribution >= 4 is 17.2 Å². The van der Waals surface area contributed by atoms with Gasteiger partial charge in [-0.1, -0.05) is 36.4 Å². The van der Waals surface area contributed by atoms with E-state index in [9.17, 15) is 0 Å². The molecule has 164 valence electrons. The van der Waals surface area contributed by atoms with Crippen LogP contribution in [0.4, 0.5) is 0 Å². The summed E-state index contributed by atoms with van der Waals surface area (Å²) in [6.45, 7) is 2.20. The number of fused-ring (bicyclic) bond motifs is 1. The standard InChI is InChI=1S/C27H24N4O2/c1-18-23(15-16-27-28-30-31-29-27)24-5-3-4-6-25(24)26(18)17-19-7-9-21(10-8-19)33-22-13-11-20(32-2)12-14-22/h3-14,17H,15-16H2,1-2H3,(H,28,29,30,31)/b26-17-. The summed E-state index contributed by atoms with van der Waals surface area (Å²) >= 11 is 0. The third-order valence-corrected chi connectivity index (χ3v) is 5.89. The molecule has 0 atom stereocenters. The number of aromatic amines is 1. The van der Waals surface area contributed by atoms with Crippen LogP contribution in [0.1, 0.15) is 35.9 Å².